The summed E-state index contributed by atoms with van der Waals surface area (Å²) in [5, 5.41) is 2.69. The topological polar surface area (TPSA) is 29.1 Å². The fourth-order valence-corrected chi connectivity index (χ4v) is 1.84. The molecule has 0 saturated carbocycles. The number of benzene rings is 1. The highest BCUT2D eigenvalue weighted by atomic mass is 16.1. The maximum absolute atomic E-state index is 11.4. The lowest BCUT2D eigenvalue weighted by Crippen LogP contribution is -2.20. The summed E-state index contributed by atoms with van der Waals surface area (Å²) < 4.78 is 0. The second-order valence-corrected chi connectivity index (χ2v) is 4.33. The molecule has 1 aromatic rings. The molecule has 0 spiro atoms. The number of hydrogen-bond donors (Lipinski definition) is 1. The molecule has 1 N–H and O–H groups in total. The number of hydrogen-bond acceptors (Lipinski definition) is 1. The first-order valence-corrected chi connectivity index (χ1v) is 5.86. The van der Waals surface area contributed by atoms with Gasteiger partial charge in [-0.1, -0.05) is 25.1 Å². The summed E-state index contributed by atoms with van der Waals surface area (Å²) in [5.74, 6) is 0.448. The van der Waals surface area contributed by atoms with E-state index in [1.807, 2.05) is 0 Å². The molecule has 1 rings (SSSR count). The molecule has 0 aliphatic carbocycles. The Kier molecular flexibility index (Phi) is 4.53. The van der Waals surface area contributed by atoms with Gasteiger partial charge in [0.05, 0.1) is 0 Å². The van der Waals surface area contributed by atoms with Gasteiger partial charge in [0.1, 0.15) is 0 Å². The molecule has 0 aliphatic heterocycles. The molecule has 1 unspecified atom stereocenters. The number of rotatable bonds is 4. The van der Waals surface area contributed by atoms with Gasteiger partial charge in [0.25, 0.3) is 0 Å². The summed E-state index contributed by atoms with van der Waals surface area (Å²) >= 11 is 0. The summed E-state index contributed by atoms with van der Waals surface area (Å²) in [6, 6.07) is 6.48. The maximum atomic E-state index is 11.4. The maximum Gasteiger partial charge on any atom is 0.220 e. The van der Waals surface area contributed by atoms with Gasteiger partial charge in [0, 0.05) is 13.5 Å². The fraction of sp³-hybridized carbons (Fsp3) is 0.500. The molecule has 1 atom stereocenters. The van der Waals surface area contributed by atoms with Crippen LogP contribution in [0.1, 0.15) is 42.4 Å². The van der Waals surface area contributed by atoms with Gasteiger partial charge in [-0.2, -0.15) is 0 Å². The van der Waals surface area contributed by atoms with Gasteiger partial charge in [0.15, 0.2) is 0 Å². The molecule has 0 radical (unpaired) electrons. The van der Waals surface area contributed by atoms with Gasteiger partial charge < -0.3 is 5.32 Å². The Bertz CT molecular complexity index is 371. The van der Waals surface area contributed by atoms with E-state index in [9.17, 15) is 4.79 Å². The second-order valence-electron chi connectivity index (χ2n) is 4.33. The summed E-state index contributed by atoms with van der Waals surface area (Å²) in [6.07, 6.45) is 1.57. The molecule has 2 nitrogen and oxygen atoms in total. The lowest BCUT2D eigenvalue weighted by molar-refractivity contribution is -0.121. The first-order valence-electron chi connectivity index (χ1n) is 5.86. The molecule has 1 amide bonds. The summed E-state index contributed by atoms with van der Waals surface area (Å²) in [7, 11) is 1.69. The van der Waals surface area contributed by atoms with Gasteiger partial charge in [0.2, 0.25) is 5.91 Å². The van der Waals surface area contributed by atoms with Crippen LogP contribution in [-0.4, -0.2) is 13.0 Å². The van der Waals surface area contributed by atoms with Crippen molar-refractivity contribution in [1.29, 1.82) is 0 Å². The fourth-order valence-electron chi connectivity index (χ4n) is 1.84. The quantitative estimate of drug-likeness (QED) is 0.828. The van der Waals surface area contributed by atoms with E-state index in [0.717, 1.165) is 6.42 Å². The van der Waals surface area contributed by atoms with Crippen LogP contribution in [0.25, 0.3) is 0 Å². The molecular formula is C14H21NO. The summed E-state index contributed by atoms with van der Waals surface area (Å²) in [6.45, 7) is 6.35. The Morgan fingerprint density at radius 2 is 2.00 bits per heavy atom. The van der Waals surface area contributed by atoms with Crippen molar-refractivity contribution < 1.29 is 4.79 Å². The molecule has 88 valence electrons. The zero-order valence-corrected chi connectivity index (χ0v) is 10.6. The van der Waals surface area contributed by atoms with Gasteiger partial charge in [-0.25, -0.2) is 0 Å². The van der Waals surface area contributed by atoms with Crippen LogP contribution in [0.2, 0.25) is 0 Å². The van der Waals surface area contributed by atoms with Crippen molar-refractivity contribution >= 4 is 5.91 Å². The minimum Gasteiger partial charge on any atom is -0.359 e. The van der Waals surface area contributed by atoms with Gasteiger partial charge in [-0.05, 0) is 42.9 Å². The zero-order chi connectivity index (χ0) is 12.1. The minimum atomic E-state index is 0.116. The molecule has 16 heavy (non-hydrogen) atoms. The number of carbonyl (C=O) groups excluding carboxylic acids is 1. The van der Waals surface area contributed by atoms with Crippen molar-refractivity contribution in [3.8, 4) is 0 Å². The van der Waals surface area contributed by atoms with Crippen molar-refractivity contribution in [1.82, 2.24) is 5.32 Å². The number of amides is 1. The molecule has 0 heterocycles. The van der Waals surface area contributed by atoms with Gasteiger partial charge >= 0.3 is 0 Å². The minimum absolute atomic E-state index is 0.116. The van der Waals surface area contributed by atoms with Crippen molar-refractivity contribution in [2.45, 2.75) is 39.5 Å². The van der Waals surface area contributed by atoms with Crippen molar-refractivity contribution in [2.24, 2.45) is 0 Å². The second kappa shape index (κ2) is 5.69. The lowest BCUT2D eigenvalue weighted by Gasteiger charge is -2.15. The SMILES string of the molecule is CCC(CC(=O)NC)c1ccc(C)c(C)c1. The zero-order valence-electron chi connectivity index (χ0n) is 10.6. The molecule has 1 aromatic carbocycles. The largest absolute Gasteiger partial charge is 0.359 e. The van der Waals surface area contributed by atoms with Crippen LogP contribution in [0.4, 0.5) is 0 Å². The predicted octanol–water partition coefficient (Wildman–Crippen LogP) is 2.93. The predicted molar refractivity (Wildman–Crippen MR) is 67.6 cm³/mol. The molecule has 0 saturated heterocycles. The third kappa shape index (κ3) is 3.09. The van der Waals surface area contributed by atoms with Gasteiger partial charge in [-0.3, -0.25) is 4.79 Å². The molecule has 0 bridgehead atoms. The van der Waals surface area contributed by atoms with Crippen LogP contribution in [0.5, 0.6) is 0 Å². The Morgan fingerprint density at radius 1 is 1.31 bits per heavy atom. The summed E-state index contributed by atoms with van der Waals surface area (Å²) in [4.78, 5) is 11.4. The van der Waals surface area contributed by atoms with E-state index in [4.69, 9.17) is 0 Å². The van der Waals surface area contributed by atoms with Crippen LogP contribution >= 0.6 is 0 Å². The highest BCUT2D eigenvalue weighted by molar-refractivity contribution is 5.76. The van der Waals surface area contributed by atoms with Crippen molar-refractivity contribution in [2.75, 3.05) is 7.05 Å². The Balaban J connectivity index is 2.86. The molecule has 0 fully saturated rings. The number of nitrogens with one attached hydrogen (secondary N) is 1. The number of carbonyl (C=O) groups is 1. The van der Waals surface area contributed by atoms with Crippen LogP contribution in [0, 0.1) is 13.8 Å². The van der Waals surface area contributed by atoms with E-state index in [-0.39, 0.29) is 5.91 Å². The van der Waals surface area contributed by atoms with E-state index in [1.54, 1.807) is 7.05 Å². The van der Waals surface area contributed by atoms with Crippen molar-refractivity contribution in [3.63, 3.8) is 0 Å². The Morgan fingerprint density at radius 3 is 2.50 bits per heavy atom. The van der Waals surface area contributed by atoms with Gasteiger partial charge in [-0.15, -0.1) is 0 Å². The Labute approximate surface area is 98.1 Å². The van der Waals surface area contributed by atoms with E-state index < -0.39 is 0 Å². The summed E-state index contributed by atoms with van der Waals surface area (Å²) in [5.41, 5.74) is 3.88. The third-order valence-electron chi connectivity index (χ3n) is 3.21. The van der Waals surface area contributed by atoms with E-state index >= 15 is 0 Å². The van der Waals surface area contributed by atoms with Crippen LogP contribution in [-0.2, 0) is 4.79 Å². The average Bonchev–Trinajstić information content (AvgIpc) is 2.29. The Hall–Kier alpha value is -1.31. The van der Waals surface area contributed by atoms with Crippen LogP contribution < -0.4 is 5.32 Å². The first kappa shape index (κ1) is 12.8. The number of aryl methyl sites for hydroxylation is 2. The van der Waals surface area contributed by atoms with Crippen LogP contribution in [0.15, 0.2) is 18.2 Å². The smallest absolute Gasteiger partial charge is 0.220 e. The first-order chi connectivity index (χ1) is 7.58. The monoisotopic (exact) mass is 219 g/mol. The van der Waals surface area contributed by atoms with E-state index in [2.05, 4.69) is 44.3 Å². The average molecular weight is 219 g/mol. The van der Waals surface area contributed by atoms with E-state index in [1.165, 1.54) is 16.7 Å². The lowest BCUT2D eigenvalue weighted by atomic mass is 9.91. The highest BCUT2D eigenvalue weighted by Crippen LogP contribution is 2.25. The molecular weight excluding hydrogens is 198 g/mol. The highest BCUT2D eigenvalue weighted by Gasteiger charge is 2.13. The van der Waals surface area contributed by atoms with Crippen molar-refractivity contribution in [3.05, 3.63) is 34.9 Å². The third-order valence-corrected chi connectivity index (χ3v) is 3.21. The molecule has 0 aliphatic rings. The van der Waals surface area contributed by atoms with E-state index in [0.29, 0.717) is 12.3 Å². The molecule has 0 aromatic heterocycles. The normalized spacial score (nSPS) is 12.2. The molecule has 2 heteroatoms. The standard InChI is InChI=1S/C14H21NO/c1-5-12(9-14(16)15-4)13-7-6-10(2)11(3)8-13/h6-8,12H,5,9H2,1-4H3,(H,15,16). The van der Waals surface area contributed by atoms with Crippen LogP contribution in [0.3, 0.4) is 0 Å².